The number of hydrogen-bond acceptors (Lipinski definition) is 5. The highest BCUT2D eigenvalue weighted by Crippen LogP contribution is 2.40. The molecule has 6 heteroatoms. The maximum atomic E-state index is 12.3. The highest BCUT2D eigenvalue weighted by Gasteiger charge is 2.26. The maximum Gasteiger partial charge on any atom is 0.254 e. The number of nitrogens with zero attached hydrogens (tertiary/aromatic N) is 2. The molecule has 3 aromatic rings. The molecule has 0 spiro atoms. The van der Waals surface area contributed by atoms with Crippen LogP contribution in [0.4, 0.5) is 17.3 Å². The second kappa shape index (κ2) is 6.88. The molecule has 1 aliphatic carbocycles. The lowest BCUT2D eigenvalue weighted by Crippen LogP contribution is -2.13. The van der Waals surface area contributed by atoms with Gasteiger partial charge in [-0.2, -0.15) is 0 Å². The van der Waals surface area contributed by atoms with Crippen LogP contribution in [0.1, 0.15) is 45.8 Å². The Labute approximate surface area is 169 Å². The van der Waals surface area contributed by atoms with Gasteiger partial charge in [0.25, 0.3) is 5.91 Å². The Balaban J connectivity index is 1.44. The third kappa shape index (κ3) is 3.20. The molecule has 3 heterocycles. The van der Waals surface area contributed by atoms with Crippen LogP contribution in [0, 0.1) is 6.92 Å². The van der Waals surface area contributed by atoms with Gasteiger partial charge < -0.3 is 16.0 Å². The predicted molar refractivity (Wildman–Crippen MR) is 115 cm³/mol. The number of rotatable bonds is 5. The lowest BCUT2D eigenvalue weighted by molar-refractivity contribution is 0.0966. The van der Waals surface area contributed by atoms with E-state index in [-0.39, 0.29) is 5.91 Å². The molecule has 0 atom stereocenters. The number of pyridine rings is 2. The number of amides is 1. The van der Waals surface area contributed by atoms with Gasteiger partial charge in [0.05, 0.1) is 5.56 Å². The average molecular weight is 385 g/mol. The molecule has 3 N–H and O–H groups in total. The molecule has 6 nitrogen and oxygen atoms in total. The highest BCUT2D eigenvalue weighted by molar-refractivity contribution is 6.05. The summed E-state index contributed by atoms with van der Waals surface area (Å²) in [5.41, 5.74) is 7.08. The SMILES string of the molecule is CNc1ccc(-c2cnc(Nc3ccc(C4CC4)cn3)cc2C)c2c1C(=O)NC2. The minimum absolute atomic E-state index is 0.0317. The average Bonchev–Trinajstić information content (AvgIpc) is 3.51. The van der Waals surface area contributed by atoms with Gasteiger partial charge in [0.2, 0.25) is 0 Å². The fourth-order valence-electron chi connectivity index (χ4n) is 3.98. The summed E-state index contributed by atoms with van der Waals surface area (Å²) >= 11 is 0. The van der Waals surface area contributed by atoms with Gasteiger partial charge in [-0.1, -0.05) is 12.1 Å². The largest absolute Gasteiger partial charge is 0.387 e. The molecule has 2 aliphatic rings. The summed E-state index contributed by atoms with van der Waals surface area (Å²) < 4.78 is 0. The summed E-state index contributed by atoms with van der Waals surface area (Å²) in [6, 6.07) is 10.2. The van der Waals surface area contributed by atoms with Crippen LogP contribution in [0.2, 0.25) is 0 Å². The summed E-state index contributed by atoms with van der Waals surface area (Å²) in [5, 5.41) is 9.33. The second-order valence-electron chi connectivity index (χ2n) is 7.71. The number of aromatic nitrogens is 2. The molecule has 5 rings (SSSR count). The van der Waals surface area contributed by atoms with E-state index < -0.39 is 0 Å². The van der Waals surface area contributed by atoms with E-state index in [0.717, 1.165) is 45.1 Å². The van der Waals surface area contributed by atoms with E-state index in [4.69, 9.17) is 0 Å². The van der Waals surface area contributed by atoms with E-state index in [1.807, 2.05) is 37.6 Å². The van der Waals surface area contributed by atoms with Gasteiger partial charge in [-0.25, -0.2) is 9.97 Å². The number of hydrogen-bond donors (Lipinski definition) is 3. The molecular formula is C23H23N5O. The van der Waals surface area contributed by atoms with Crippen LogP contribution in [0.5, 0.6) is 0 Å². The summed E-state index contributed by atoms with van der Waals surface area (Å²) in [5.74, 6) is 2.23. The minimum atomic E-state index is -0.0317. The van der Waals surface area contributed by atoms with Gasteiger partial charge in [0.1, 0.15) is 11.6 Å². The van der Waals surface area contributed by atoms with Gasteiger partial charge in [0.15, 0.2) is 0 Å². The van der Waals surface area contributed by atoms with Crippen LogP contribution in [-0.2, 0) is 6.54 Å². The van der Waals surface area contributed by atoms with Crippen molar-refractivity contribution < 1.29 is 4.79 Å². The third-order valence-electron chi connectivity index (χ3n) is 5.73. The molecule has 0 saturated heterocycles. The Morgan fingerprint density at radius 3 is 2.55 bits per heavy atom. The van der Waals surface area contributed by atoms with Crippen LogP contribution < -0.4 is 16.0 Å². The summed E-state index contributed by atoms with van der Waals surface area (Å²) in [4.78, 5) is 21.4. The first kappa shape index (κ1) is 17.7. The molecule has 2 aromatic heterocycles. The summed E-state index contributed by atoms with van der Waals surface area (Å²) in [7, 11) is 1.83. The van der Waals surface area contributed by atoms with Crippen molar-refractivity contribution in [3.63, 3.8) is 0 Å². The minimum Gasteiger partial charge on any atom is -0.387 e. The Bertz CT molecular complexity index is 1100. The fourth-order valence-corrected chi connectivity index (χ4v) is 3.98. The first-order valence-electron chi connectivity index (χ1n) is 9.96. The van der Waals surface area contributed by atoms with Gasteiger partial charge in [-0.3, -0.25) is 4.79 Å². The van der Waals surface area contributed by atoms with Crippen LogP contribution in [0.25, 0.3) is 11.1 Å². The number of aryl methyl sites for hydroxylation is 1. The number of nitrogens with one attached hydrogen (secondary N) is 3. The fraction of sp³-hybridized carbons (Fsp3) is 0.261. The van der Waals surface area contributed by atoms with E-state index in [1.165, 1.54) is 18.4 Å². The second-order valence-corrected chi connectivity index (χ2v) is 7.71. The molecule has 0 radical (unpaired) electrons. The number of carbonyl (C=O) groups is 1. The van der Waals surface area contributed by atoms with Gasteiger partial charge in [0, 0.05) is 37.2 Å². The van der Waals surface area contributed by atoms with Crippen molar-refractivity contribution in [1.29, 1.82) is 0 Å². The third-order valence-corrected chi connectivity index (χ3v) is 5.73. The number of benzene rings is 1. The van der Waals surface area contributed by atoms with E-state index in [1.54, 1.807) is 0 Å². The summed E-state index contributed by atoms with van der Waals surface area (Å²) in [6.45, 7) is 2.60. The topological polar surface area (TPSA) is 78.9 Å². The van der Waals surface area contributed by atoms with Crippen molar-refractivity contribution in [2.24, 2.45) is 0 Å². The Hall–Kier alpha value is -3.41. The monoisotopic (exact) mass is 385 g/mol. The van der Waals surface area contributed by atoms with Crippen molar-refractivity contribution in [3.05, 3.63) is 65.0 Å². The van der Waals surface area contributed by atoms with Crippen molar-refractivity contribution in [2.45, 2.75) is 32.2 Å². The van der Waals surface area contributed by atoms with E-state index >= 15 is 0 Å². The Kier molecular flexibility index (Phi) is 4.19. The van der Waals surface area contributed by atoms with Crippen LogP contribution in [0.3, 0.4) is 0 Å². The number of carbonyl (C=O) groups excluding carboxylic acids is 1. The lowest BCUT2D eigenvalue weighted by atomic mass is 9.94. The van der Waals surface area contributed by atoms with E-state index in [9.17, 15) is 4.79 Å². The van der Waals surface area contributed by atoms with Gasteiger partial charge in [-0.15, -0.1) is 0 Å². The first-order valence-corrected chi connectivity index (χ1v) is 9.96. The zero-order valence-corrected chi connectivity index (χ0v) is 16.5. The van der Waals surface area contributed by atoms with Crippen molar-refractivity contribution in [2.75, 3.05) is 17.7 Å². The molecule has 1 fully saturated rings. The molecule has 1 aliphatic heterocycles. The number of fused-ring (bicyclic) bond motifs is 1. The predicted octanol–water partition coefficient (Wildman–Crippen LogP) is 4.36. The molecule has 1 amide bonds. The van der Waals surface area contributed by atoms with Gasteiger partial charge >= 0.3 is 0 Å². The molecule has 1 saturated carbocycles. The standard InChI is InChI=1S/C23H23N5O/c1-13-9-21(28-20-8-5-15(10-25-20)14-3-4-14)26-11-17(13)16-6-7-19(24-2)22-18(16)12-27-23(22)29/h5-11,14,24H,3-4,12H2,1-2H3,(H,27,29)(H,25,26,28). The Morgan fingerprint density at radius 2 is 1.86 bits per heavy atom. The quantitative estimate of drug-likeness (QED) is 0.608. The van der Waals surface area contributed by atoms with E-state index in [2.05, 4.69) is 45.0 Å². The summed E-state index contributed by atoms with van der Waals surface area (Å²) in [6.07, 6.45) is 6.37. The molecular weight excluding hydrogens is 362 g/mol. The lowest BCUT2D eigenvalue weighted by Gasteiger charge is -2.14. The van der Waals surface area contributed by atoms with Gasteiger partial charge in [-0.05, 0) is 66.1 Å². The smallest absolute Gasteiger partial charge is 0.254 e. The van der Waals surface area contributed by atoms with Crippen LogP contribution in [0.15, 0.2) is 42.7 Å². The van der Waals surface area contributed by atoms with Crippen molar-refractivity contribution >= 4 is 23.2 Å². The van der Waals surface area contributed by atoms with Crippen LogP contribution >= 0.6 is 0 Å². The molecule has 1 aromatic carbocycles. The van der Waals surface area contributed by atoms with E-state index in [0.29, 0.717) is 12.5 Å². The highest BCUT2D eigenvalue weighted by atomic mass is 16.1. The van der Waals surface area contributed by atoms with Crippen molar-refractivity contribution in [3.8, 4) is 11.1 Å². The zero-order chi connectivity index (χ0) is 20.0. The normalized spacial score (nSPS) is 15.0. The molecule has 146 valence electrons. The Morgan fingerprint density at radius 1 is 1.03 bits per heavy atom. The number of anilines is 3. The first-order chi connectivity index (χ1) is 14.1. The molecule has 29 heavy (non-hydrogen) atoms. The van der Waals surface area contributed by atoms with Crippen molar-refractivity contribution in [1.82, 2.24) is 15.3 Å². The van der Waals surface area contributed by atoms with Crippen LogP contribution in [-0.4, -0.2) is 22.9 Å². The zero-order valence-electron chi connectivity index (χ0n) is 16.5. The molecule has 0 unspecified atom stereocenters. The molecule has 0 bridgehead atoms. The maximum absolute atomic E-state index is 12.3.